The summed E-state index contributed by atoms with van der Waals surface area (Å²) in [7, 11) is 2.19. The molecule has 2 N–H and O–H groups in total. The monoisotopic (exact) mass is 395 g/mol. The molecule has 2 heterocycles. The number of hydrogen-bond donors (Lipinski definition) is 2. The molecule has 1 saturated heterocycles. The molecule has 5 heteroatoms. The van der Waals surface area contributed by atoms with Crippen molar-refractivity contribution in [1.82, 2.24) is 14.9 Å². The van der Waals surface area contributed by atoms with Crippen molar-refractivity contribution in [1.29, 1.82) is 0 Å². The molecule has 1 aliphatic carbocycles. The average Bonchev–Trinajstić information content (AvgIpc) is 3.33. The predicted octanol–water partition coefficient (Wildman–Crippen LogP) is 4.50. The molecule has 30 heavy (non-hydrogen) atoms. The lowest BCUT2D eigenvalue weighted by molar-refractivity contribution is 0.313. The van der Waals surface area contributed by atoms with Crippen LogP contribution in [0.1, 0.15) is 17.2 Å². The highest BCUT2D eigenvalue weighted by Gasteiger charge is 2.28. The summed E-state index contributed by atoms with van der Waals surface area (Å²) in [5.74, 6) is 0.817. The van der Waals surface area contributed by atoms with E-state index in [-0.39, 0.29) is 6.04 Å². The Morgan fingerprint density at radius 2 is 1.53 bits per heavy atom. The van der Waals surface area contributed by atoms with Crippen LogP contribution in [0.4, 0.5) is 11.6 Å². The van der Waals surface area contributed by atoms with Gasteiger partial charge in [-0.05, 0) is 47.5 Å². The van der Waals surface area contributed by atoms with Crippen molar-refractivity contribution in [2.24, 2.45) is 0 Å². The number of aromatic amines is 1. The third-order valence-electron chi connectivity index (χ3n) is 6.45. The number of imidazole rings is 1. The van der Waals surface area contributed by atoms with E-state index < -0.39 is 0 Å². The Hall–Kier alpha value is -3.31. The zero-order valence-electron chi connectivity index (χ0n) is 17.1. The van der Waals surface area contributed by atoms with E-state index in [2.05, 4.69) is 93.9 Å². The quantitative estimate of drug-likeness (QED) is 0.536. The van der Waals surface area contributed by atoms with Gasteiger partial charge in [0, 0.05) is 31.9 Å². The summed E-state index contributed by atoms with van der Waals surface area (Å²) in [4.78, 5) is 13.2. The van der Waals surface area contributed by atoms with Gasteiger partial charge < -0.3 is 20.1 Å². The summed E-state index contributed by atoms with van der Waals surface area (Å²) in [6, 6.07) is 23.9. The molecule has 0 atom stereocenters. The summed E-state index contributed by atoms with van der Waals surface area (Å²) < 4.78 is 0. The first-order chi connectivity index (χ1) is 14.8. The van der Waals surface area contributed by atoms with Crippen LogP contribution in [-0.4, -0.2) is 48.1 Å². The van der Waals surface area contributed by atoms with Gasteiger partial charge in [0.25, 0.3) is 0 Å². The maximum absolute atomic E-state index is 4.83. The zero-order chi connectivity index (χ0) is 20.1. The number of rotatable bonds is 3. The Morgan fingerprint density at radius 1 is 0.867 bits per heavy atom. The predicted molar refractivity (Wildman–Crippen MR) is 123 cm³/mol. The number of piperazine rings is 1. The second-order valence-electron chi connectivity index (χ2n) is 8.33. The van der Waals surface area contributed by atoms with Gasteiger partial charge in [0.1, 0.15) is 0 Å². The highest BCUT2D eigenvalue weighted by Crippen LogP contribution is 2.44. The highest BCUT2D eigenvalue weighted by atomic mass is 15.2. The molecule has 0 spiro atoms. The van der Waals surface area contributed by atoms with E-state index in [1.165, 1.54) is 27.9 Å². The van der Waals surface area contributed by atoms with Gasteiger partial charge in [0.15, 0.2) is 0 Å². The van der Waals surface area contributed by atoms with Crippen LogP contribution in [0.25, 0.3) is 22.2 Å². The van der Waals surface area contributed by atoms with E-state index in [1.807, 2.05) is 0 Å². The lowest BCUT2D eigenvalue weighted by atomic mass is 10.1. The molecule has 150 valence electrons. The summed E-state index contributed by atoms with van der Waals surface area (Å²) in [6.45, 7) is 4.34. The van der Waals surface area contributed by atoms with Crippen molar-refractivity contribution < 1.29 is 0 Å². The third-order valence-corrected chi connectivity index (χ3v) is 6.45. The maximum atomic E-state index is 4.83. The smallest absolute Gasteiger partial charge is 0.201 e. The molecule has 1 aliphatic heterocycles. The lowest BCUT2D eigenvalue weighted by Gasteiger charge is -2.34. The summed E-state index contributed by atoms with van der Waals surface area (Å²) >= 11 is 0. The topological polar surface area (TPSA) is 47.2 Å². The normalized spacial score (nSPS) is 16.6. The second kappa shape index (κ2) is 6.89. The van der Waals surface area contributed by atoms with Gasteiger partial charge in [0.2, 0.25) is 5.95 Å². The summed E-state index contributed by atoms with van der Waals surface area (Å²) in [6.07, 6.45) is 0. The number of nitrogens with one attached hydrogen (secondary N) is 2. The van der Waals surface area contributed by atoms with E-state index in [9.17, 15) is 0 Å². The fraction of sp³-hybridized carbons (Fsp3) is 0.240. The summed E-state index contributed by atoms with van der Waals surface area (Å²) in [5, 5.41) is 3.66. The zero-order valence-corrected chi connectivity index (χ0v) is 17.1. The Balaban J connectivity index is 1.32. The molecule has 3 aromatic carbocycles. The van der Waals surface area contributed by atoms with Crippen LogP contribution in [0.2, 0.25) is 0 Å². The Kier molecular flexibility index (Phi) is 4.03. The molecule has 0 bridgehead atoms. The molecular formula is C25H25N5. The van der Waals surface area contributed by atoms with E-state index >= 15 is 0 Å². The largest absolute Gasteiger partial charge is 0.369 e. The second-order valence-corrected chi connectivity index (χ2v) is 8.33. The van der Waals surface area contributed by atoms with Crippen LogP contribution in [0.5, 0.6) is 0 Å². The Bertz CT molecular complexity index is 1170. The van der Waals surface area contributed by atoms with Gasteiger partial charge in [-0.1, -0.05) is 48.5 Å². The number of aromatic nitrogens is 2. The minimum absolute atomic E-state index is 0.107. The van der Waals surface area contributed by atoms with Crippen LogP contribution in [0.15, 0.2) is 66.7 Å². The van der Waals surface area contributed by atoms with Gasteiger partial charge in [-0.25, -0.2) is 4.98 Å². The number of nitrogens with zero attached hydrogens (tertiary/aromatic N) is 3. The van der Waals surface area contributed by atoms with Crippen LogP contribution >= 0.6 is 0 Å². The number of likely N-dealkylation sites (N-methyl/N-ethyl adjacent to an activating group) is 1. The fourth-order valence-electron chi connectivity index (χ4n) is 4.78. The highest BCUT2D eigenvalue weighted by molar-refractivity contribution is 5.83. The maximum Gasteiger partial charge on any atom is 0.201 e. The van der Waals surface area contributed by atoms with Crippen LogP contribution < -0.4 is 10.2 Å². The molecule has 5 nitrogen and oxygen atoms in total. The van der Waals surface area contributed by atoms with Crippen molar-refractivity contribution in [3.63, 3.8) is 0 Å². The van der Waals surface area contributed by atoms with Crippen molar-refractivity contribution in [3.05, 3.63) is 77.9 Å². The molecule has 1 aromatic heterocycles. The molecule has 0 radical (unpaired) electrons. The molecule has 0 amide bonds. The van der Waals surface area contributed by atoms with E-state index in [4.69, 9.17) is 4.98 Å². The first kappa shape index (κ1) is 17.5. The fourth-order valence-corrected chi connectivity index (χ4v) is 4.78. The minimum atomic E-state index is 0.107. The summed E-state index contributed by atoms with van der Waals surface area (Å²) in [5.41, 5.74) is 8.55. The number of fused-ring (bicyclic) bond motifs is 4. The average molecular weight is 396 g/mol. The van der Waals surface area contributed by atoms with Gasteiger partial charge in [-0.2, -0.15) is 0 Å². The molecule has 0 saturated carbocycles. The number of anilines is 2. The van der Waals surface area contributed by atoms with Gasteiger partial charge in [-0.3, -0.25) is 0 Å². The van der Waals surface area contributed by atoms with Crippen molar-refractivity contribution in [3.8, 4) is 11.1 Å². The van der Waals surface area contributed by atoms with Gasteiger partial charge in [-0.15, -0.1) is 0 Å². The number of hydrogen-bond acceptors (Lipinski definition) is 4. The first-order valence-corrected chi connectivity index (χ1v) is 10.6. The minimum Gasteiger partial charge on any atom is -0.369 e. The lowest BCUT2D eigenvalue weighted by Crippen LogP contribution is -2.44. The standard InChI is InChI=1S/C25H25N5/c1-29-12-14-30(15-13-29)17-10-11-22-23(16-17)27-25(26-22)28-24-20-8-4-2-6-18(20)19-7-3-5-9-21(19)24/h2-11,16,24H,12-15H2,1H3,(H2,26,27,28). The molecule has 4 aromatic rings. The van der Waals surface area contributed by atoms with Crippen LogP contribution in [0.3, 0.4) is 0 Å². The molecule has 2 aliphatic rings. The van der Waals surface area contributed by atoms with E-state index in [0.29, 0.717) is 0 Å². The van der Waals surface area contributed by atoms with Crippen LogP contribution in [0, 0.1) is 0 Å². The Labute approximate surface area is 176 Å². The van der Waals surface area contributed by atoms with Crippen molar-refractivity contribution in [2.75, 3.05) is 43.4 Å². The molecule has 1 fully saturated rings. The van der Waals surface area contributed by atoms with Crippen molar-refractivity contribution in [2.45, 2.75) is 6.04 Å². The Morgan fingerprint density at radius 3 is 2.23 bits per heavy atom. The molecular weight excluding hydrogens is 370 g/mol. The van der Waals surface area contributed by atoms with E-state index in [0.717, 1.165) is 43.2 Å². The number of H-pyrrole nitrogens is 1. The van der Waals surface area contributed by atoms with Gasteiger partial charge >= 0.3 is 0 Å². The molecule has 6 rings (SSSR count). The van der Waals surface area contributed by atoms with Gasteiger partial charge in [0.05, 0.1) is 17.1 Å². The SMILES string of the molecule is CN1CCN(c2ccc3nc(NC4c5ccccc5-c5ccccc54)[nH]c3c2)CC1. The van der Waals surface area contributed by atoms with E-state index in [1.54, 1.807) is 0 Å². The third kappa shape index (κ3) is 2.85. The van der Waals surface area contributed by atoms with Crippen LogP contribution in [-0.2, 0) is 0 Å². The molecule has 0 unspecified atom stereocenters. The first-order valence-electron chi connectivity index (χ1n) is 10.6. The number of benzene rings is 3. The van der Waals surface area contributed by atoms with Crippen molar-refractivity contribution >= 4 is 22.7 Å².